The van der Waals surface area contributed by atoms with Crippen molar-refractivity contribution < 1.29 is 33.6 Å². The van der Waals surface area contributed by atoms with E-state index in [0.717, 1.165) is 47.6 Å². The Morgan fingerprint density at radius 1 is 1.17 bits per heavy atom. The maximum absolute atomic E-state index is 12.5. The minimum Gasteiger partial charge on any atom is -0.488 e. The van der Waals surface area contributed by atoms with E-state index in [1.165, 1.54) is 0 Å². The first-order chi connectivity index (χ1) is 19.8. The highest BCUT2D eigenvalue weighted by Gasteiger charge is 2.68. The average Bonchev–Trinajstić information content (AvgIpc) is 3.57. The zero-order valence-electron chi connectivity index (χ0n) is 24.4. The molecule has 2 fully saturated rings. The van der Waals surface area contributed by atoms with Gasteiger partial charge in [-0.25, -0.2) is 0 Å². The molecule has 0 amide bonds. The number of epoxide rings is 1. The van der Waals surface area contributed by atoms with Crippen molar-refractivity contribution in [2.75, 3.05) is 6.61 Å². The highest BCUT2D eigenvalue weighted by molar-refractivity contribution is 6.00. The maximum atomic E-state index is 12.5. The lowest BCUT2D eigenvalue weighted by atomic mass is 9.80. The third-order valence-corrected chi connectivity index (χ3v) is 8.42. The van der Waals surface area contributed by atoms with Crippen molar-refractivity contribution in [1.82, 2.24) is 0 Å². The van der Waals surface area contributed by atoms with Gasteiger partial charge in [-0.15, -0.1) is 0 Å². The molecule has 2 aliphatic heterocycles. The second-order valence-corrected chi connectivity index (χ2v) is 11.7. The van der Waals surface area contributed by atoms with E-state index < -0.39 is 24.1 Å². The molecule has 1 aromatic heterocycles. The van der Waals surface area contributed by atoms with Gasteiger partial charge in [-0.05, 0) is 48.4 Å². The van der Waals surface area contributed by atoms with Crippen LogP contribution in [0.1, 0.15) is 86.3 Å². The number of aldehydes is 1. The highest BCUT2D eigenvalue weighted by atomic mass is 16.7. The molecule has 41 heavy (non-hydrogen) atoms. The number of ether oxygens (including phenoxy) is 3. The van der Waals surface area contributed by atoms with E-state index >= 15 is 0 Å². The fourth-order valence-corrected chi connectivity index (χ4v) is 6.42. The van der Waals surface area contributed by atoms with Crippen LogP contribution in [0.2, 0.25) is 0 Å². The number of fused-ring (bicyclic) bond motifs is 1. The first-order valence-corrected chi connectivity index (χ1v) is 14.9. The molecule has 6 atom stereocenters. The molecule has 5 rings (SSSR count). The Bertz CT molecular complexity index is 1350. The van der Waals surface area contributed by atoms with E-state index in [1.54, 1.807) is 6.26 Å². The second kappa shape index (κ2) is 12.5. The van der Waals surface area contributed by atoms with Crippen LogP contribution in [0.25, 0.3) is 17.0 Å². The van der Waals surface area contributed by atoms with Crippen molar-refractivity contribution in [3.05, 3.63) is 71.0 Å². The summed E-state index contributed by atoms with van der Waals surface area (Å²) in [5.74, 6) is 0.739. The van der Waals surface area contributed by atoms with Crippen LogP contribution < -0.4 is 4.74 Å². The van der Waals surface area contributed by atoms with Crippen LogP contribution in [-0.2, 0) is 15.9 Å². The lowest BCUT2D eigenvalue weighted by Crippen LogP contribution is -2.53. The Labute approximate surface area is 242 Å². The SMILES string of the molecule is CCCC(c1coc2c(C=O)c(OC/C=C/c3ccccc3)c(CC(C)C)cc12)[C@H]1C[C@@H](O)[C@@]2(O[C@@H]2CC)[C@H](O)O1. The van der Waals surface area contributed by atoms with Crippen molar-refractivity contribution in [3.63, 3.8) is 0 Å². The molecule has 7 nitrogen and oxygen atoms in total. The van der Waals surface area contributed by atoms with Crippen LogP contribution in [-0.4, -0.2) is 53.3 Å². The van der Waals surface area contributed by atoms with E-state index in [4.69, 9.17) is 18.6 Å². The molecule has 3 heterocycles. The number of rotatable bonds is 12. The first kappa shape index (κ1) is 29.5. The van der Waals surface area contributed by atoms with E-state index in [9.17, 15) is 15.0 Å². The van der Waals surface area contributed by atoms with Gasteiger partial charge >= 0.3 is 0 Å². The molecule has 2 saturated heterocycles. The summed E-state index contributed by atoms with van der Waals surface area (Å²) in [6, 6.07) is 12.1. The molecule has 0 radical (unpaired) electrons. The van der Waals surface area contributed by atoms with Crippen LogP contribution in [0.5, 0.6) is 5.75 Å². The van der Waals surface area contributed by atoms with Gasteiger partial charge in [0.25, 0.3) is 0 Å². The minimum atomic E-state index is -1.20. The Balaban J connectivity index is 1.47. The molecular formula is C34H42O7. The fraction of sp³-hybridized carbons (Fsp3) is 0.500. The molecule has 2 N–H and O–H groups in total. The quantitative estimate of drug-likeness (QED) is 0.194. The van der Waals surface area contributed by atoms with Crippen molar-refractivity contribution >= 4 is 23.3 Å². The van der Waals surface area contributed by atoms with Gasteiger partial charge in [0, 0.05) is 23.3 Å². The van der Waals surface area contributed by atoms with E-state index in [2.05, 4.69) is 26.8 Å². The van der Waals surface area contributed by atoms with Crippen molar-refractivity contribution in [2.24, 2.45) is 5.92 Å². The summed E-state index contributed by atoms with van der Waals surface area (Å²) in [5, 5.41) is 22.8. The zero-order valence-corrected chi connectivity index (χ0v) is 24.4. The largest absolute Gasteiger partial charge is 0.488 e. The summed E-state index contributed by atoms with van der Waals surface area (Å²) in [6.07, 6.45) is 7.19. The molecule has 7 heteroatoms. The minimum absolute atomic E-state index is 0.145. The average molecular weight is 563 g/mol. The molecule has 3 aromatic rings. The smallest absolute Gasteiger partial charge is 0.189 e. The van der Waals surface area contributed by atoms with Crippen LogP contribution in [0.3, 0.4) is 0 Å². The normalized spacial score (nSPS) is 26.7. The Hall–Kier alpha value is -2.97. The molecule has 220 valence electrons. The Morgan fingerprint density at radius 2 is 1.95 bits per heavy atom. The first-order valence-electron chi connectivity index (χ1n) is 14.9. The number of furan rings is 1. The van der Waals surface area contributed by atoms with E-state index in [1.807, 2.05) is 49.4 Å². The van der Waals surface area contributed by atoms with E-state index in [0.29, 0.717) is 42.3 Å². The van der Waals surface area contributed by atoms with Crippen LogP contribution in [0.15, 0.2) is 53.2 Å². The summed E-state index contributed by atoms with van der Waals surface area (Å²) >= 11 is 0. The van der Waals surface area contributed by atoms with Crippen molar-refractivity contribution in [3.8, 4) is 5.75 Å². The molecule has 0 bridgehead atoms. The lowest BCUT2D eigenvalue weighted by Gasteiger charge is -2.39. The van der Waals surface area contributed by atoms with Crippen LogP contribution in [0.4, 0.5) is 0 Å². The number of hydrogen-bond acceptors (Lipinski definition) is 7. The van der Waals surface area contributed by atoms with Gasteiger partial charge in [-0.2, -0.15) is 0 Å². The summed E-state index contributed by atoms with van der Waals surface area (Å²) in [6.45, 7) is 8.65. The second-order valence-electron chi connectivity index (χ2n) is 11.7. The van der Waals surface area contributed by atoms with Crippen LogP contribution in [0, 0.1) is 5.92 Å². The molecule has 2 aromatic carbocycles. The van der Waals surface area contributed by atoms with Crippen molar-refractivity contribution in [2.45, 2.75) is 95.9 Å². The third kappa shape index (κ3) is 5.73. The highest BCUT2D eigenvalue weighted by Crippen LogP contribution is 2.51. The molecule has 0 saturated carbocycles. The van der Waals surface area contributed by atoms with Crippen molar-refractivity contribution in [1.29, 1.82) is 0 Å². The monoisotopic (exact) mass is 562 g/mol. The van der Waals surface area contributed by atoms with Gasteiger partial charge < -0.3 is 28.8 Å². The topological polar surface area (TPSA) is 102 Å². The summed E-state index contributed by atoms with van der Waals surface area (Å²) in [7, 11) is 0. The third-order valence-electron chi connectivity index (χ3n) is 8.42. The summed E-state index contributed by atoms with van der Waals surface area (Å²) in [4.78, 5) is 12.5. The zero-order chi connectivity index (χ0) is 29.1. The van der Waals surface area contributed by atoms with Gasteiger partial charge in [-0.1, -0.05) is 70.5 Å². The summed E-state index contributed by atoms with van der Waals surface area (Å²) in [5.41, 5.74) is 2.78. The van der Waals surface area contributed by atoms with E-state index in [-0.39, 0.29) is 12.0 Å². The number of carbonyl (C=O) groups is 1. The number of aliphatic hydroxyl groups excluding tert-OH is 2. The predicted molar refractivity (Wildman–Crippen MR) is 158 cm³/mol. The van der Waals surface area contributed by atoms with Crippen LogP contribution >= 0.6 is 0 Å². The van der Waals surface area contributed by atoms with Gasteiger partial charge in [-0.3, -0.25) is 4.79 Å². The molecular weight excluding hydrogens is 520 g/mol. The van der Waals surface area contributed by atoms with Gasteiger partial charge in [0.05, 0.1) is 30.1 Å². The predicted octanol–water partition coefficient (Wildman–Crippen LogP) is 6.44. The molecule has 1 spiro atoms. The Morgan fingerprint density at radius 3 is 2.59 bits per heavy atom. The number of hydrogen-bond donors (Lipinski definition) is 2. The molecule has 2 aliphatic rings. The van der Waals surface area contributed by atoms with Gasteiger partial charge in [0.15, 0.2) is 18.2 Å². The lowest BCUT2D eigenvalue weighted by molar-refractivity contribution is -0.236. The van der Waals surface area contributed by atoms with Gasteiger partial charge in [0.2, 0.25) is 0 Å². The number of carbonyl (C=O) groups excluding carboxylic acids is 1. The van der Waals surface area contributed by atoms with Gasteiger partial charge in [0.1, 0.15) is 17.9 Å². The fourth-order valence-electron chi connectivity index (χ4n) is 6.42. The number of aliphatic hydroxyl groups is 2. The maximum Gasteiger partial charge on any atom is 0.189 e. The number of benzene rings is 2. The standard InChI is InChI=1S/C34H42O7/c1-5-11-24(28-18-29(36)34(33(37)40-28)30(6-2)41-34)27-20-39-32-25(27)17-23(16-21(3)4)31(26(32)19-35)38-15-10-14-22-12-8-7-9-13-22/h7-10,12-14,17,19-21,24,28-30,33,36-37H,5-6,11,15-16,18H2,1-4H3/b14-10+/t24?,28-,29-,30-,33-,34+/m1/s1. The molecule has 1 unspecified atom stereocenters. The Kier molecular flexibility index (Phi) is 9.00. The summed E-state index contributed by atoms with van der Waals surface area (Å²) < 4.78 is 24.2. The molecule has 0 aliphatic carbocycles.